The van der Waals surface area contributed by atoms with Crippen molar-refractivity contribution < 1.29 is 0 Å². The van der Waals surface area contributed by atoms with E-state index in [2.05, 4.69) is 50.0 Å². The molecule has 0 aromatic carbocycles. The molecule has 16 heavy (non-hydrogen) atoms. The van der Waals surface area contributed by atoms with E-state index in [9.17, 15) is 0 Å². The quantitative estimate of drug-likeness (QED) is 0.737. The summed E-state index contributed by atoms with van der Waals surface area (Å²) in [5, 5.41) is 3.56. The lowest BCUT2D eigenvalue weighted by Gasteiger charge is -2.22. The van der Waals surface area contributed by atoms with Crippen LogP contribution in [0.1, 0.15) is 27.2 Å². The van der Waals surface area contributed by atoms with E-state index in [0.29, 0.717) is 6.04 Å². The van der Waals surface area contributed by atoms with Crippen LogP contribution in [0.4, 0.5) is 0 Å². The Labute approximate surface area is 101 Å². The summed E-state index contributed by atoms with van der Waals surface area (Å²) in [5.74, 6) is 0.804. The number of likely N-dealkylation sites (tertiary alicyclic amines) is 1. The Hall–Kier alpha value is -0.120. The number of nitrogens with one attached hydrogen (secondary N) is 1. The molecule has 3 nitrogen and oxygen atoms in total. The second-order valence-electron chi connectivity index (χ2n) is 5.53. The Morgan fingerprint density at radius 3 is 2.56 bits per heavy atom. The molecule has 1 rings (SSSR count). The first-order valence-corrected chi connectivity index (χ1v) is 6.66. The molecule has 1 N–H and O–H groups in total. The minimum Gasteiger partial charge on any atom is -0.313 e. The Bertz CT molecular complexity index is 194. The summed E-state index contributed by atoms with van der Waals surface area (Å²) in [6.45, 7) is 11.7. The van der Waals surface area contributed by atoms with Crippen LogP contribution in [0.15, 0.2) is 0 Å². The van der Waals surface area contributed by atoms with Crippen molar-refractivity contribution in [3.63, 3.8) is 0 Å². The van der Waals surface area contributed by atoms with E-state index in [1.54, 1.807) is 0 Å². The zero-order valence-corrected chi connectivity index (χ0v) is 11.7. The molecule has 3 unspecified atom stereocenters. The molecular weight excluding hydrogens is 198 g/mol. The summed E-state index contributed by atoms with van der Waals surface area (Å²) in [6.07, 6.45) is 1.22. The molecule has 1 heterocycles. The van der Waals surface area contributed by atoms with Crippen LogP contribution >= 0.6 is 0 Å². The molecule has 1 aliphatic rings. The number of hydrogen-bond acceptors (Lipinski definition) is 3. The van der Waals surface area contributed by atoms with Crippen molar-refractivity contribution in [1.82, 2.24) is 15.1 Å². The fourth-order valence-electron chi connectivity index (χ4n) is 2.52. The van der Waals surface area contributed by atoms with E-state index in [-0.39, 0.29) is 0 Å². The highest BCUT2D eigenvalue weighted by Crippen LogP contribution is 2.19. The summed E-state index contributed by atoms with van der Waals surface area (Å²) in [5.41, 5.74) is 0. The number of likely N-dealkylation sites (N-methyl/N-ethyl adjacent to an activating group) is 1. The third-order valence-electron chi connectivity index (χ3n) is 3.84. The predicted molar refractivity (Wildman–Crippen MR) is 70.8 cm³/mol. The van der Waals surface area contributed by atoms with Gasteiger partial charge in [-0.15, -0.1) is 0 Å². The molecule has 1 fully saturated rings. The van der Waals surface area contributed by atoms with E-state index in [4.69, 9.17) is 0 Å². The fourth-order valence-corrected chi connectivity index (χ4v) is 2.52. The van der Waals surface area contributed by atoms with Gasteiger partial charge >= 0.3 is 0 Å². The van der Waals surface area contributed by atoms with Gasteiger partial charge in [0.2, 0.25) is 0 Å². The molecule has 3 atom stereocenters. The SMILES string of the molecule is CCC(C)NCCN1CC(C)C(N(C)C)C1. The van der Waals surface area contributed by atoms with E-state index in [1.807, 2.05) is 0 Å². The second-order valence-corrected chi connectivity index (χ2v) is 5.53. The summed E-state index contributed by atoms with van der Waals surface area (Å²) in [7, 11) is 4.39. The van der Waals surface area contributed by atoms with Crippen LogP contribution in [0, 0.1) is 5.92 Å². The van der Waals surface area contributed by atoms with Gasteiger partial charge in [-0.3, -0.25) is 0 Å². The summed E-state index contributed by atoms with van der Waals surface area (Å²) in [4.78, 5) is 4.96. The van der Waals surface area contributed by atoms with Crippen LogP contribution in [-0.4, -0.2) is 62.2 Å². The van der Waals surface area contributed by atoms with Crippen LogP contribution in [0.5, 0.6) is 0 Å². The normalized spacial score (nSPS) is 28.9. The number of nitrogens with zero attached hydrogens (tertiary/aromatic N) is 2. The maximum atomic E-state index is 3.56. The first-order valence-electron chi connectivity index (χ1n) is 6.66. The lowest BCUT2D eigenvalue weighted by molar-refractivity contribution is 0.251. The maximum absolute atomic E-state index is 3.56. The van der Waals surface area contributed by atoms with E-state index in [0.717, 1.165) is 18.5 Å². The Morgan fingerprint density at radius 2 is 2.06 bits per heavy atom. The summed E-state index contributed by atoms with van der Waals surface area (Å²) < 4.78 is 0. The zero-order valence-electron chi connectivity index (χ0n) is 11.7. The average molecular weight is 227 g/mol. The van der Waals surface area contributed by atoms with Crippen molar-refractivity contribution in [2.24, 2.45) is 5.92 Å². The largest absolute Gasteiger partial charge is 0.313 e. The van der Waals surface area contributed by atoms with Gasteiger partial charge < -0.3 is 15.1 Å². The first-order chi connectivity index (χ1) is 7.54. The zero-order chi connectivity index (χ0) is 12.1. The smallest absolute Gasteiger partial charge is 0.0254 e. The molecule has 0 radical (unpaired) electrons. The number of rotatable bonds is 6. The highest BCUT2D eigenvalue weighted by molar-refractivity contribution is 4.86. The number of hydrogen-bond donors (Lipinski definition) is 1. The standard InChI is InChI=1S/C13H29N3/c1-6-12(3)14-7-8-16-9-11(2)13(10-16)15(4)5/h11-14H,6-10H2,1-5H3. The highest BCUT2D eigenvalue weighted by Gasteiger charge is 2.30. The van der Waals surface area contributed by atoms with Gasteiger partial charge in [0, 0.05) is 38.3 Å². The molecule has 0 bridgehead atoms. The lowest BCUT2D eigenvalue weighted by Crippen LogP contribution is -2.37. The molecule has 0 aliphatic carbocycles. The van der Waals surface area contributed by atoms with E-state index >= 15 is 0 Å². The van der Waals surface area contributed by atoms with Crippen molar-refractivity contribution in [3.8, 4) is 0 Å². The minimum atomic E-state index is 0.657. The average Bonchev–Trinajstić information content (AvgIpc) is 2.59. The van der Waals surface area contributed by atoms with Crippen molar-refractivity contribution in [2.45, 2.75) is 39.3 Å². The van der Waals surface area contributed by atoms with Gasteiger partial charge in [-0.05, 0) is 33.4 Å². The van der Waals surface area contributed by atoms with E-state index < -0.39 is 0 Å². The van der Waals surface area contributed by atoms with Crippen LogP contribution < -0.4 is 5.32 Å². The summed E-state index contributed by atoms with van der Waals surface area (Å²) in [6, 6.07) is 1.40. The van der Waals surface area contributed by atoms with Gasteiger partial charge in [-0.1, -0.05) is 13.8 Å². The van der Waals surface area contributed by atoms with E-state index in [1.165, 1.54) is 26.1 Å². The third-order valence-corrected chi connectivity index (χ3v) is 3.84. The van der Waals surface area contributed by atoms with Crippen molar-refractivity contribution in [1.29, 1.82) is 0 Å². The molecule has 0 spiro atoms. The van der Waals surface area contributed by atoms with Gasteiger partial charge in [-0.25, -0.2) is 0 Å². The molecular formula is C13H29N3. The van der Waals surface area contributed by atoms with Crippen LogP contribution in [0.25, 0.3) is 0 Å². The molecule has 1 aliphatic heterocycles. The Morgan fingerprint density at radius 1 is 1.38 bits per heavy atom. The molecule has 1 saturated heterocycles. The molecule has 0 aromatic heterocycles. The second kappa shape index (κ2) is 6.58. The monoisotopic (exact) mass is 227 g/mol. The molecule has 0 amide bonds. The minimum absolute atomic E-state index is 0.657. The van der Waals surface area contributed by atoms with Gasteiger partial charge in [0.25, 0.3) is 0 Å². The maximum Gasteiger partial charge on any atom is 0.0254 e. The molecule has 0 aromatic rings. The Kier molecular flexibility index (Phi) is 5.73. The van der Waals surface area contributed by atoms with Gasteiger partial charge in [0.15, 0.2) is 0 Å². The third kappa shape index (κ3) is 4.04. The van der Waals surface area contributed by atoms with Crippen LogP contribution in [0.3, 0.4) is 0 Å². The first kappa shape index (κ1) is 13.9. The van der Waals surface area contributed by atoms with Crippen molar-refractivity contribution >= 4 is 0 Å². The molecule has 96 valence electrons. The molecule has 0 saturated carbocycles. The fraction of sp³-hybridized carbons (Fsp3) is 1.00. The van der Waals surface area contributed by atoms with Crippen molar-refractivity contribution in [2.75, 3.05) is 40.3 Å². The van der Waals surface area contributed by atoms with Crippen LogP contribution in [-0.2, 0) is 0 Å². The van der Waals surface area contributed by atoms with Crippen LogP contribution in [0.2, 0.25) is 0 Å². The van der Waals surface area contributed by atoms with Gasteiger partial charge in [0.1, 0.15) is 0 Å². The predicted octanol–water partition coefficient (Wildman–Crippen LogP) is 1.26. The van der Waals surface area contributed by atoms with Crippen molar-refractivity contribution in [3.05, 3.63) is 0 Å². The Balaban J connectivity index is 2.20. The van der Waals surface area contributed by atoms with Gasteiger partial charge in [0.05, 0.1) is 0 Å². The summed E-state index contributed by atoms with van der Waals surface area (Å²) >= 11 is 0. The lowest BCUT2D eigenvalue weighted by atomic mass is 10.1. The van der Waals surface area contributed by atoms with Gasteiger partial charge in [-0.2, -0.15) is 0 Å². The topological polar surface area (TPSA) is 18.5 Å². The molecule has 3 heteroatoms. The highest BCUT2D eigenvalue weighted by atomic mass is 15.2.